The Balaban J connectivity index is 1.45. The van der Waals surface area contributed by atoms with Crippen LogP contribution in [0, 0.1) is 0 Å². The smallest absolute Gasteiger partial charge is 0.322 e. The normalized spacial score (nSPS) is 18.9. The van der Waals surface area contributed by atoms with Crippen LogP contribution in [0.1, 0.15) is 37.7 Å². The second-order valence-electron chi connectivity index (χ2n) is 7.20. The van der Waals surface area contributed by atoms with E-state index in [1.165, 1.54) is 37.8 Å². The summed E-state index contributed by atoms with van der Waals surface area (Å²) < 4.78 is 38.3. The van der Waals surface area contributed by atoms with Crippen molar-refractivity contribution < 1.29 is 18.0 Å². The average Bonchev–Trinajstić information content (AvgIpc) is 2.67. The molecule has 0 unspecified atom stereocenters. The van der Waals surface area contributed by atoms with E-state index >= 15 is 0 Å². The van der Waals surface area contributed by atoms with Crippen molar-refractivity contribution in [3.63, 3.8) is 0 Å². The topological polar surface area (TPSA) is 35.6 Å². The maximum Gasteiger partial charge on any atom is 0.416 e. The number of allylic oxidation sites excluding steroid dienone is 1. The molecule has 1 heterocycles. The molecule has 1 fully saturated rings. The number of halogens is 3. The van der Waals surface area contributed by atoms with Gasteiger partial charge < -0.3 is 10.2 Å². The number of carbonyl (C=O) groups is 1. The van der Waals surface area contributed by atoms with Gasteiger partial charge in [0.05, 0.1) is 5.56 Å². The summed E-state index contributed by atoms with van der Waals surface area (Å²) in [6.07, 6.45) is 4.02. The van der Waals surface area contributed by atoms with Gasteiger partial charge in [0, 0.05) is 38.4 Å². The summed E-state index contributed by atoms with van der Waals surface area (Å²) >= 11 is 0. The molecule has 0 saturated carbocycles. The molecular weight excluding hydrogens is 355 g/mol. The zero-order valence-electron chi connectivity index (χ0n) is 15.4. The molecule has 1 aromatic carbocycles. The number of piperazine rings is 1. The van der Waals surface area contributed by atoms with Crippen molar-refractivity contribution in [2.24, 2.45) is 0 Å². The van der Waals surface area contributed by atoms with E-state index in [1.54, 1.807) is 10.5 Å². The fraction of sp³-hybridized carbons (Fsp3) is 0.550. The van der Waals surface area contributed by atoms with Gasteiger partial charge in [-0.3, -0.25) is 4.90 Å². The van der Waals surface area contributed by atoms with Crippen LogP contribution in [0.4, 0.5) is 23.7 Å². The van der Waals surface area contributed by atoms with E-state index in [0.29, 0.717) is 13.1 Å². The van der Waals surface area contributed by atoms with E-state index in [4.69, 9.17) is 0 Å². The van der Waals surface area contributed by atoms with Crippen LogP contribution in [-0.2, 0) is 6.18 Å². The molecule has 0 spiro atoms. The molecule has 3 rings (SSSR count). The third kappa shape index (κ3) is 5.73. The van der Waals surface area contributed by atoms with E-state index in [0.717, 1.165) is 38.2 Å². The van der Waals surface area contributed by atoms with Crippen molar-refractivity contribution in [1.82, 2.24) is 9.80 Å². The molecule has 7 heteroatoms. The lowest BCUT2D eigenvalue weighted by molar-refractivity contribution is -0.137. The highest BCUT2D eigenvalue weighted by molar-refractivity contribution is 5.89. The molecule has 27 heavy (non-hydrogen) atoms. The van der Waals surface area contributed by atoms with Gasteiger partial charge >= 0.3 is 12.2 Å². The highest BCUT2D eigenvalue weighted by atomic mass is 19.4. The number of nitrogens with one attached hydrogen (secondary N) is 1. The van der Waals surface area contributed by atoms with Gasteiger partial charge in [-0.1, -0.05) is 17.7 Å². The zero-order valence-corrected chi connectivity index (χ0v) is 15.4. The quantitative estimate of drug-likeness (QED) is 0.765. The lowest BCUT2D eigenvalue weighted by Gasteiger charge is -2.35. The summed E-state index contributed by atoms with van der Waals surface area (Å²) in [5.41, 5.74) is 0.953. The van der Waals surface area contributed by atoms with Crippen LogP contribution in [-0.4, -0.2) is 48.6 Å². The van der Waals surface area contributed by atoms with Crippen molar-refractivity contribution in [1.29, 1.82) is 0 Å². The van der Waals surface area contributed by atoms with Crippen molar-refractivity contribution >= 4 is 11.7 Å². The molecule has 1 aromatic rings. The molecular formula is C20H26F3N3O. The second-order valence-corrected chi connectivity index (χ2v) is 7.20. The fourth-order valence-corrected chi connectivity index (χ4v) is 3.58. The largest absolute Gasteiger partial charge is 0.416 e. The Labute approximate surface area is 158 Å². The molecule has 1 N–H and O–H groups in total. The Morgan fingerprint density at radius 2 is 1.89 bits per heavy atom. The summed E-state index contributed by atoms with van der Waals surface area (Å²) in [5.74, 6) is 0. The van der Waals surface area contributed by atoms with Gasteiger partial charge in [0.15, 0.2) is 0 Å². The standard InChI is InChI=1S/C20H26F3N3O/c21-20(22,23)17-7-4-8-18(15-17)24-19(27)26-13-11-25(12-14-26)10-9-16-5-2-1-3-6-16/h4-5,7-8,15H,1-3,6,9-14H2,(H,24,27). The Morgan fingerprint density at radius 3 is 2.56 bits per heavy atom. The molecule has 1 aliphatic carbocycles. The van der Waals surface area contributed by atoms with Gasteiger partial charge in [0.1, 0.15) is 0 Å². The summed E-state index contributed by atoms with van der Waals surface area (Å²) in [6.45, 7) is 3.77. The molecule has 0 radical (unpaired) electrons. The number of amides is 2. The van der Waals surface area contributed by atoms with E-state index in [-0.39, 0.29) is 11.7 Å². The van der Waals surface area contributed by atoms with Gasteiger partial charge in [-0.05, 0) is 50.3 Å². The van der Waals surface area contributed by atoms with Crippen LogP contribution in [0.15, 0.2) is 35.9 Å². The third-order valence-corrected chi connectivity index (χ3v) is 5.23. The summed E-state index contributed by atoms with van der Waals surface area (Å²) in [5, 5.41) is 2.58. The highest BCUT2D eigenvalue weighted by Gasteiger charge is 2.30. The number of carbonyl (C=O) groups excluding carboxylic acids is 1. The lowest BCUT2D eigenvalue weighted by Crippen LogP contribution is -2.50. The molecule has 1 aliphatic heterocycles. The van der Waals surface area contributed by atoms with Crippen LogP contribution in [0.5, 0.6) is 0 Å². The van der Waals surface area contributed by atoms with Crippen LogP contribution in [0.25, 0.3) is 0 Å². The number of alkyl halides is 3. The van der Waals surface area contributed by atoms with Gasteiger partial charge in [0.2, 0.25) is 0 Å². The number of hydrogen-bond acceptors (Lipinski definition) is 2. The first kappa shape index (κ1) is 19.7. The molecule has 4 nitrogen and oxygen atoms in total. The molecule has 1 saturated heterocycles. The molecule has 0 atom stereocenters. The van der Waals surface area contributed by atoms with Gasteiger partial charge in [-0.2, -0.15) is 13.2 Å². The predicted octanol–water partition coefficient (Wildman–Crippen LogP) is 4.75. The van der Waals surface area contributed by atoms with Crippen LogP contribution >= 0.6 is 0 Å². The van der Waals surface area contributed by atoms with E-state index in [9.17, 15) is 18.0 Å². The van der Waals surface area contributed by atoms with E-state index < -0.39 is 11.7 Å². The van der Waals surface area contributed by atoms with Crippen molar-refractivity contribution in [2.75, 3.05) is 38.0 Å². The molecule has 2 aliphatic rings. The Morgan fingerprint density at radius 1 is 1.11 bits per heavy atom. The van der Waals surface area contributed by atoms with E-state index in [2.05, 4.69) is 16.3 Å². The van der Waals surface area contributed by atoms with Crippen molar-refractivity contribution in [2.45, 2.75) is 38.3 Å². The first-order chi connectivity index (χ1) is 12.9. The first-order valence-corrected chi connectivity index (χ1v) is 9.55. The number of nitrogens with zero attached hydrogens (tertiary/aromatic N) is 2. The Kier molecular flexibility index (Phi) is 6.42. The van der Waals surface area contributed by atoms with Gasteiger partial charge in [0.25, 0.3) is 0 Å². The SMILES string of the molecule is O=C(Nc1cccc(C(F)(F)F)c1)N1CCN(CCC2=CCCCC2)CC1. The highest BCUT2D eigenvalue weighted by Crippen LogP contribution is 2.30. The number of benzene rings is 1. The first-order valence-electron chi connectivity index (χ1n) is 9.55. The summed E-state index contributed by atoms with van der Waals surface area (Å²) in [4.78, 5) is 16.4. The molecule has 0 aromatic heterocycles. The average molecular weight is 381 g/mol. The van der Waals surface area contributed by atoms with Crippen LogP contribution < -0.4 is 5.32 Å². The van der Waals surface area contributed by atoms with Gasteiger partial charge in [-0.25, -0.2) is 4.79 Å². The second kappa shape index (κ2) is 8.78. The molecule has 0 bridgehead atoms. The summed E-state index contributed by atoms with van der Waals surface area (Å²) in [6, 6.07) is 4.39. The minimum Gasteiger partial charge on any atom is -0.322 e. The fourth-order valence-electron chi connectivity index (χ4n) is 3.58. The number of anilines is 1. The molecule has 2 amide bonds. The monoisotopic (exact) mass is 381 g/mol. The maximum absolute atomic E-state index is 12.8. The number of urea groups is 1. The Hall–Kier alpha value is -2.02. The lowest BCUT2D eigenvalue weighted by atomic mass is 9.97. The minimum absolute atomic E-state index is 0.168. The van der Waals surface area contributed by atoms with Crippen molar-refractivity contribution in [3.05, 3.63) is 41.5 Å². The number of rotatable bonds is 4. The maximum atomic E-state index is 12.8. The van der Waals surface area contributed by atoms with Crippen molar-refractivity contribution in [3.8, 4) is 0 Å². The van der Waals surface area contributed by atoms with Crippen LogP contribution in [0.2, 0.25) is 0 Å². The zero-order chi connectivity index (χ0) is 19.3. The summed E-state index contributed by atoms with van der Waals surface area (Å²) in [7, 11) is 0. The minimum atomic E-state index is -4.42. The third-order valence-electron chi connectivity index (χ3n) is 5.23. The Bertz CT molecular complexity index is 679. The number of hydrogen-bond donors (Lipinski definition) is 1. The van der Waals surface area contributed by atoms with Crippen LogP contribution in [0.3, 0.4) is 0 Å². The van der Waals surface area contributed by atoms with Gasteiger partial charge in [-0.15, -0.1) is 0 Å². The molecule has 148 valence electrons. The van der Waals surface area contributed by atoms with E-state index in [1.807, 2.05) is 0 Å². The predicted molar refractivity (Wildman–Crippen MR) is 99.6 cm³/mol.